The number of carbonyl (C=O) groups excluding carboxylic acids is 1. The molecule has 0 atom stereocenters. The summed E-state index contributed by atoms with van der Waals surface area (Å²) < 4.78 is 6.41. The van der Waals surface area contributed by atoms with Gasteiger partial charge in [0.05, 0.1) is 20.6 Å². The number of halogens is 1. The Bertz CT molecular complexity index is 388. The van der Waals surface area contributed by atoms with Crippen LogP contribution in [0.2, 0.25) is 0 Å². The number of nitrogens with zero attached hydrogens (tertiary/aromatic N) is 1. The number of rotatable bonds is 24. The van der Waals surface area contributed by atoms with Crippen LogP contribution in [0.4, 0.5) is 0 Å². The highest BCUT2D eigenvalue weighted by Crippen LogP contribution is 2.13. The Morgan fingerprint density at radius 2 is 0.938 bits per heavy atom. The Labute approximate surface area is 212 Å². The molecular weight excluding hydrogens is 462 g/mol. The van der Waals surface area contributed by atoms with Gasteiger partial charge in [0.1, 0.15) is 13.2 Å². The van der Waals surface area contributed by atoms with Crippen molar-refractivity contribution in [2.75, 3.05) is 33.8 Å². The van der Waals surface area contributed by atoms with Crippen LogP contribution < -0.4 is 17.0 Å². The first kappa shape index (κ1) is 34.1. The quantitative estimate of drug-likeness (QED) is 0.0961. The molecule has 0 amide bonds. The fraction of sp³-hybridized carbons (Fsp3) is 0.964. The van der Waals surface area contributed by atoms with Crippen molar-refractivity contribution >= 4 is 5.97 Å². The predicted molar refractivity (Wildman–Crippen MR) is 136 cm³/mol. The summed E-state index contributed by atoms with van der Waals surface area (Å²) in [6, 6.07) is 0. The van der Waals surface area contributed by atoms with E-state index in [-0.39, 0.29) is 23.0 Å². The van der Waals surface area contributed by atoms with Crippen LogP contribution in [0.5, 0.6) is 0 Å². The van der Waals surface area contributed by atoms with Crippen molar-refractivity contribution in [2.24, 2.45) is 0 Å². The van der Waals surface area contributed by atoms with Crippen molar-refractivity contribution in [3.05, 3.63) is 0 Å². The summed E-state index contributed by atoms with van der Waals surface area (Å²) >= 11 is 0. The molecule has 0 bridgehead atoms. The Hall–Kier alpha value is -0.0900. The van der Waals surface area contributed by atoms with Crippen LogP contribution in [0.25, 0.3) is 0 Å². The SMILES string of the molecule is CCCCCCCCCCCCCCCC[N+](C)(C)CCOC(=O)CCCCCCC.[Br-]. The number of esters is 1. The number of likely N-dealkylation sites (N-methyl/N-ethyl adjacent to an activating group) is 1. The van der Waals surface area contributed by atoms with Crippen molar-refractivity contribution in [3.63, 3.8) is 0 Å². The van der Waals surface area contributed by atoms with Gasteiger partial charge in [0.15, 0.2) is 0 Å². The second-order valence-electron chi connectivity index (χ2n) is 10.4. The molecule has 0 saturated carbocycles. The first-order valence-electron chi connectivity index (χ1n) is 14.0. The molecule has 0 aromatic heterocycles. The van der Waals surface area contributed by atoms with Crippen molar-refractivity contribution < 1.29 is 31.0 Å². The maximum Gasteiger partial charge on any atom is 0.305 e. The molecule has 0 unspecified atom stereocenters. The lowest BCUT2D eigenvalue weighted by atomic mass is 10.0. The lowest BCUT2D eigenvalue weighted by molar-refractivity contribution is -0.890. The van der Waals surface area contributed by atoms with Gasteiger partial charge in [0.2, 0.25) is 0 Å². The standard InChI is InChI=1S/C28H58NO2.BrH/c1-5-7-9-11-12-13-14-15-16-17-18-19-21-23-25-29(3,4)26-27-31-28(30)24-22-20-10-8-6-2;/h5-27H2,1-4H3;1H/q+1;/p-1. The van der Waals surface area contributed by atoms with Crippen LogP contribution in [0.15, 0.2) is 0 Å². The first-order chi connectivity index (χ1) is 15.0. The van der Waals surface area contributed by atoms with E-state index in [4.69, 9.17) is 4.74 Å². The van der Waals surface area contributed by atoms with Crippen LogP contribution in [0.3, 0.4) is 0 Å². The summed E-state index contributed by atoms with van der Waals surface area (Å²) in [4.78, 5) is 11.8. The fourth-order valence-corrected chi connectivity index (χ4v) is 4.20. The molecule has 0 rings (SSSR count). The van der Waals surface area contributed by atoms with Crippen molar-refractivity contribution in [1.82, 2.24) is 0 Å². The highest BCUT2D eigenvalue weighted by atomic mass is 79.9. The van der Waals surface area contributed by atoms with Crippen LogP contribution in [0.1, 0.15) is 142 Å². The molecule has 3 nitrogen and oxygen atoms in total. The Balaban J connectivity index is 0. The summed E-state index contributed by atoms with van der Waals surface area (Å²) in [7, 11) is 4.53. The molecule has 0 aliphatic rings. The normalized spacial score (nSPS) is 11.4. The van der Waals surface area contributed by atoms with E-state index < -0.39 is 0 Å². The third-order valence-corrected chi connectivity index (χ3v) is 6.56. The molecule has 194 valence electrons. The summed E-state index contributed by atoms with van der Waals surface area (Å²) in [5.41, 5.74) is 0. The van der Waals surface area contributed by atoms with E-state index in [1.165, 1.54) is 116 Å². The fourth-order valence-electron chi connectivity index (χ4n) is 4.20. The Morgan fingerprint density at radius 1 is 0.562 bits per heavy atom. The molecule has 32 heavy (non-hydrogen) atoms. The van der Waals surface area contributed by atoms with Gasteiger partial charge in [-0.3, -0.25) is 4.79 Å². The molecule has 0 aromatic rings. The Morgan fingerprint density at radius 3 is 1.38 bits per heavy atom. The number of hydrogen-bond donors (Lipinski definition) is 0. The van der Waals surface area contributed by atoms with Crippen molar-refractivity contribution in [3.8, 4) is 0 Å². The van der Waals surface area contributed by atoms with E-state index in [1.807, 2.05) is 0 Å². The van der Waals surface area contributed by atoms with Gasteiger partial charge >= 0.3 is 5.97 Å². The predicted octanol–water partition coefficient (Wildman–Crippen LogP) is 5.45. The number of ether oxygens (including phenoxy) is 1. The van der Waals surface area contributed by atoms with Gasteiger partial charge in [-0.25, -0.2) is 0 Å². The highest BCUT2D eigenvalue weighted by molar-refractivity contribution is 5.69. The van der Waals surface area contributed by atoms with Gasteiger partial charge in [-0.05, 0) is 19.3 Å². The van der Waals surface area contributed by atoms with Crippen LogP contribution >= 0.6 is 0 Å². The van der Waals surface area contributed by atoms with Gasteiger partial charge in [-0.1, -0.05) is 117 Å². The van der Waals surface area contributed by atoms with Crippen molar-refractivity contribution in [1.29, 1.82) is 0 Å². The third kappa shape index (κ3) is 26.2. The minimum atomic E-state index is -0.00649. The zero-order valence-electron chi connectivity index (χ0n) is 22.4. The topological polar surface area (TPSA) is 26.3 Å². The zero-order chi connectivity index (χ0) is 23.0. The smallest absolute Gasteiger partial charge is 0.305 e. The van der Waals surface area contributed by atoms with Crippen LogP contribution in [-0.2, 0) is 9.53 Å². The molecule has 0 N–H and O–H groups in total. The molecule has 0 spiro atoms. The minimum Gasteiger partial charge on any atom is -1.00 e. The van der Waals surface area contributed by atoms with E-state index in [2.05, 4.69) is 27.9 Å². The molecule has 0 heterocycles. The monoisotopic (exact) mass is 519 g/mol. The molecule has 0 radical (unpaired) electrons. The largest absolute Gasteiger partial charge is 1.00 e. The molecule has 4 heteroatoms. The summed E-state index contributed by atoms with van der Waals surface area (Å²) in [5.74, 6) is -0.00649. The van der Waals surface area contributed by atoms with Crippen molar-refractivity contribution in [2.45, 2.75) is 142 Å². The minimum absolute atomic E-state index is 0. The summed E-state index contributed by atoms with van der Waals surface area (Å²) in [5, 5.41) is 0. The molecule has 0 aliphatic heterocycles. The molecule has 0 aromatic carbocycles. The average molecular weight is 521 g/mol. The summed E-state index contributed by atoms with van der Waals surface area (Å²) in [6.07, 6.45) is 26.2. The van der Waals surface area contributed by atoms with Crippen LogP contribution in [-0.4, -0.2) is 44.2 Å². The van der Waals surface area contributed by atoms with Gasteiger partial charge in [-0.15, -0.1) is 0 Å². The lowest BCUT2D eigenvalue weighted by Crippen LogP contribution is -3.00. The van der Waals surface area contributed by atoms with E-state index in [9.17, 15) is 4.79 Å². The Kier molecular flexibility index (Phi) is 27.2. The van der Waals surface area contributed by atoms with Gasteiger partial charge in [-0.2, -0.15) is 0 Å². The van der Waals surface area contributed by atoms with Gasteiger partial charge in [0, 0.05) is 6.42 Å². The first-order valence-corrected chi connectivity index (χ1v) is 14.0. The van der Waals surface area contributed by atoms with Gasteiger partial charge in [0.25, 0.3) is 0 Å². The maximum atomic E-state index is 11.8. The highest BCUT2D eigenvalue weighted by Gasteiger charge is 2.15. The molecule has 0 saturated heterocycles. The maximum absolute atomic E-state index is 11.8. The molecule has 0 fully saturated rings. The van der Waals surface area contributed by atoms with E-state index in [0.29, 0.717) is 13.0 Å². The van der Waals surface area contributed by atoms with Crippen LogP contribution in [0, 0.1) is 0 Å². The van der Waals surface area contributed by atoms with E-state index in [1.54, 1.807) is 0 Å². The number of unbranched alkanes of at least 4 members (excludes halogenated alkanes) is 17. The lowest BCUT2D eigenvalue weighted by Gasteiger charge is -2.29. The zero-order valence-corrected chi connectivity index (χ0v) is 24.0. The number of hydrogen-bond acceptors (Lipinski definition) is 2. The van der Waals surface area contributed by atoms with E-state index in [0.717, 1.165) is 23.9 Å². The second kappa shape index (κ2) is 25.5. The van der Waals surface area contributed by atoms with Gasteiger partial charge < -0.3 is 26.2 Å². The third-order valence-electron chi connectivity index (χ3n) is 6.56. The average Bonchev–Trinajstić information content (AvgIpc) is 2.73. The van der Waals surface area contributed by atoms with E-state index >= 15 is 0 Å². The molecular formula is C28H58BrNO2. The number of carbonyl (C=O) groups is 1. The second-order valence-corrected chi connectivity index (χ2v) is 10.4. The number of quaternary nitrogens is 1. The molecule has 0 aliphatic carbocycles. The summed E-state index contributed by atoms with van der Waals surface area (Å²) in [6.45, 7) is 7.19.